The molecule has 5 nitrogen and oxygen atoms in total. The van der Waals surface area contributed by atoms with Crippen LogP contribution in [0.5, 0.6) is 0 Å². The summed E-state index contributed by atoms with van der Waals surface area (Å²) < 4.78 is 30.2. The van der Waals surface area contributed by atoms with Crippen molar-refractivity contribution >= 4 is 37.3 Å². The average molecular weight is 392 g/mol. The molecule has 0 radical (unpaired) electrons. The largest absolute Gasteiger partial charge is 0.349 e. The fraction of sp³-hybridized carbons (Fsp3) is 0.385. The van der Waals surface area contributed by atoms with Gasteiger partial charge in [0.25, 0.3) is 0 Å². The van der Waals surface area contributed by atoms with Crippen LogP contribution >= 0.6 is 27.3 Å². The minimum absolute atomic E-state index is 0.270. The van der Waals surface area contributed by atoms with Crippen molar-refractivity contribution in [3.63, 3.8) is 0 Å². The van der Waals surface area contributed by atoms with Crippen LogP contribution in [0.3, 0.4) is 0 Å². The van der Waals surface area contributed by atoms with Crippen LogP contribution in [-0.2, 0) is 29.7 Å². The molecule has 0 bridgehead atoms. The number of rotatable bonds is 7. The summed E-state index contributed by atoms with van der Waals surface area (Å²) in [6.45, 7) is 3.42. The molecule has 0 aliphatic heterocycles. The second-order valence-corrected chi connectivity index (χ2v) is 8.91. The molecule has 0 saturated heterocycles. The average Bonchev–Trinajstić information content (AvgIpc) is 3.04. The predicted octanol–water partition coefficient (Wildman–Crippen LogP) is 2.66. The van der Waals surface area contributed by atoms with Crippen molar-refractivity contribution in [2.75, 3.05) is 0 Å². The Morgan fingerprint density at radius 3 is 2.76 bits per heavy atom. The van der Waals surface area contributed by atoms with Crippen molar-refractivity contribution in [2.45, 2.75) is 37.9 Å². The molecule has 2 heterocycles. The molecule has 0 aliphatic rings. The van der Waals surface area contributed by atoms with Crippen LogP contribution in [0.15, 0.2) is 33.1 Å². The van der Waals surface area contributed by atoms with Crippen LogP contribution in [0.2, 0.25) is 0 Å². The molecule has 0 saturated carbocycles. The molecular weight excluding hydrogens is 374 g/mol. The highest BCUT2D eigenvalue weighted by Gasteiger charge is 2.18. The van der Waals surface area contributed by atoms with Crippen LogP contribution in [0, 0.1) is 0 Å². The molecular formula is C13H18BrN3O2S2. The number of nitrogens with two attached hydrogens (primary N) is 1. The van der Waals surface area contributed by atoms with Gasteiger partial charge in [-0.1, -0.05) is 6.92 Å². The van der Waals surface area contributed by atoms with E-state index in [-0.39, 0.29) is 11.4 Å². The standard InChI is InChI=1S/C13H18BrN3O2S2/c1-2-5-17-9-12(6-10(17)7-15)21(18,19)16-8-11-3-4-13(14)20-11/h3-4,6,9,16H,2,5,7-8,15H2,1H3. The van der Waals surface area contributed by atoms with Gasteiger partial charge in [-0.3, -0.25) is 0 Å². The van der Waals surface area contributed by atoms with Gasteiger partial charge in [0.1, 0.15) is 0 Å². The first-order valence-electron chi connectivity index (χ1n) is 6.59. The fourth-order valence-electron chi connectivity index (χ4n) is 1.99. The van der Waals surface area contributed by atoms with Crippen molar-refractivity contribution in [3.8, 4) is 0 Å². The molecule has 8 heteroatoms. The third-order valence-electron chi connectivity index (χ3n) is 3.01. The summed E-state index contributed by atoms with van der Waals surface area (Å²) in [4.78, 5) is 1.23. The van der Waals surface area contributed by atoms with Crippen LogP contribution < -0.4 is 10.5 Å². The van der Waals surface area contributed by atoms with Crippen molar-refractivity contribution in [1.29, 1.82) is 0 Å². The molecule has 0 fully saturated rings. The maximum atomic E-state index is 12.3. The zero-order chi connectivity index (χ0) is 15.5. The second-order valence-electron chi connectivity index (χ2n) is 4.60. The molecule has 116 valence electrons. The van der Waals surface area contributed by atoms with Crippen LogP contribution in [0.1, 0.15) is 23.9 Å². The van der Waals surface area contributed by atoms with E-state index < -0.39 is 10.0 Å². The molecule has 2 aromatic heterocycles. The van der Waals surface area contributed by atoms with E-state index >= 15 is 0 Å². The Balaban J connectivity index is 2.15. The number of hydrogen-bond donors (Lipinski definition) is 2. The van der Waals surface area contributed by atoms with E-state index in [0.29, 0.717) is 6.54 Å². The quantitative estimate of drug-likeness (QED) is 0.761. The van der Waals surface area contributed by atoms with E-state index in [9.17, 15) is 8.42 Å². The summed E-state index contributed by atoms with van der Waals surface area (Å²) >= 11 is 4.87. The third kappa shape index (κ3) is 4.17. The van der Waals surface area contributed by atoms with E-state index in [4.69, 9.17) is 5.73 Å². The second kappa shape index (κ2) is 7.06. The van der Waals surface area contributed by atoms with Gasteiger partial charge >= 0.3 is 0 Å². The fourth-order valence-corrected chi connectivity index (χ4v) is 4.57. The minimum Gasteiger partial charge on any atom is -0.349 e. The Labute approximate surface area is 137 Å². The smallest absolute Gasteiger partial charge is 0.242 e. The summed E-state index contributed by atoms with van der Waals surface area (Å²) in [6.07, 6.45) is 2.58. The number of halogens is 1. The molecule has 0 atom stereocenters. The Hall–Kier alpha value is -0.670. The number of aromatic nitrogens is 1. The van der Waals surface area contributed by atoms with Gasteiger partial charge in [-0.05, 0) is 40.5 Å². The Kier molecular flexibility index (Phi) is 5.61. The zero-order valence-corrected chi connectivity index (χ0v) is 14.9. The maximum Gasteiger partial charge on any atom is 0.242 e. The summed E-state index contributed by atoms with van der Waals surface area (Å²) in [6, 6.07) is 5.44. The lowest BCUT2D eigenvalue weighted by atomic mass is 10.4. The van der Waals surface area contributed by atoms with Gasteiger partial charge in [0.2, 0.25) is 10.0 Å². The molecule has 0 unspecified atom stereocenters. The normalized spacial score (nSPS) is 12.0. The highest BCUT2D eigenvalue weighted by Crippen LogP contribution is 2.22. The Morgan fingerprint density at radius 2 is 2.19 bits per heavy atom. The molecule has 2 rings (SSSR count). The number of sulfonamides is 1. The zero-order valence-electron chi connectivity index (χ0n) is 11.7. The molecule has 3 N–H and O–H groups in total. The number of aryl methyl sites for hydroxylation is 1. The lowest BCUT2D eigenvalue weighted by molar-refractivity contribution is 0.581. The first kappa shape index (κ1) is 16.7. The Morgan fingerprint density at radius 1 is 1.43 bits per heavy atom. The van der Waals surface area contributed by atoms with Crippen molar-refractivity contribution in [3.05, 3.63) is 38.8 Å². The van der Waals surface area contributed by atoms with Crippen LogP contribution in [0.25, 0.3) is 0 Å². The van der Waals surface area contributed by atoms with Gasteiger partial charge in [0, 0.05) is 36.4 Å². The SMILES string of the molecule is CCCn1cc(S(=O)(=O)NCc2ccc(Br)s2)cc1CN. The molecule has 2 aromatic rings. The number of nitrogens with zero attached hydrogens (tertiary/aromatic N) is 1. The van der Waals surface area contributed by atoms with Gasteiger partial charge in [-0.25, -0.2) is 13.1 Å². The summed E-state index contributed by atoms with van der Waals surface area (Å²) in [5.41, 5.74) is 6.50. The van der Waals surface area contributed by atoms with Crippen LogP contribution in [-0.4, -0.2) is 13.0 Å². The van der Waals surface area contributed by atoms with Crippen molar-refractivity contribution in [1.82, 2.24) is 9.29 Å². The number of nitrogens with one attached hydrogen (secondary N) is 1. The van der Waals surface area contributed by atoms with E-state index in [1.54, 1.807) is 12.3 Å². The van der Waals surface area contributed by atoms with E-state index in [1.807, 2.05) is 23.6 Å². The van der Waals surface area contributed by atoms with E-state index in [0.717, 1.165) is 27.3 Å². The van der Waals surface area contributed by atoms with E-state index in [2.05, 4.69) is 20.7 Å². The summed E-state index contributed by atoms with van der Waals surface area (Å²) in [5.74, 6) is 0. The van der Waals surface area contributed by atoms with Gasteiger partial charge in [-0.2, -0.15) is 0 Å². The first-order valence-corrected chi connectivity index (χ1v) is 9.68. The first-order chi connectivity index (χ1) is 9.96. The summed E-state index contributed by atoms with van der Waals surface area (Å²) in [7, 11) is -3.51. The van der Waals surface area contributed by atoms with Gasteiger partial charge < -0.3 is 10.3 Å². The molecule has 0 amide bonds. The Bertz CT molecular complexity index is 707. The monoisotopic (exact) mass is 391 g/mol. The summed E-state index contributed by atoms with van der Waals surface area (Å²) in [5, 5.41) is 0. The molecule has 0 aromatic carbocycles. The maximum absolute atomic E-state index is 12.3. The lowest BCUT2D eigenvalue weighted by Crippen LogP contribution is -2.22. The minimum atomic E-state index is -3.51. The number of thiophene rings is 1. The van der Waals surface area contributed by atoms with E-state index in [1.165, 1.54) is 11.3 Å². The van der Waals surface area contributed by atoms with Gasteiger partial charge in [-0.15, -0.1) is 11.3 Å². The molecule has 0 spiro atoms. The lowest BCUT2D eigenvalue weighted by Gasteiger charge is -2.04. The predicted molar refractivity (Wildman–Crippen MR) is 88.7 cm³/mol. The van der Waals surface area contributed by atoms with Crippen molar-refractivity contribution in [2.24, 2.45) is 5.73 Å². The topological polar surface area (TPSA) is 77.1 Å². The van der Waals surface area contributed by atoms with Crippen molar-refractivity contribution < 1.29 is 8.42 Å². The number of hydrogen-bond acceptors (Lipinski definition) is 4. The van der Waals surface area contributed by atoms with Gasteiger partial charge in [0.05, 0.1) is 8.68 Å². The highest BCUT2D eigenvalue weighted by atomic mass is 79.9. The molecule has 21 heavy (non-hydrogen) atoms. The third-order valence-corrected chi connectivity index (χ3v) is 6.00. The molecule has 0 aliphatic carbocycles. The van der Waals surface area contributed by atoms with Crippen LogP contribution in [0.4, 0.5) is 0 Å². The highest BCUT2D eigenvalue weighted by molar-refractivity contribution is 9.11. The van der Waals surface area contributed by atoms with Gasteiger partial charge in [0.15, 0.2) is 0 Å².